The van der Waals surface area contributed by atoms with Crippen LogP contribution in [0.2, 0.25) is 0 Å². The minimum Gasteiger partial charge on any atom is -0.760 e. The van der Waals surface area contributed by atoms with Gasteiger partial charge in [0, 0.05) is 45.2 Å². The first kappa shape index (κ1) is 33.8. The van der Waals surface area contributed by atoms with Crippen LogP contribution >= 0.6 is 0 Å². The summed E-state index contributed by atoms with van der Waals surface area (Å²) in [4.78, 5) is 19.8. The number of rotatable bonds is 6. The van der Waals surface area contributed by atoms with Gasteiger partial charge in [-0.15, -0.1) is 0 Å². The van der Waals surface area contributed by atoms with E-state index < -0.39 is 11.3 Å². The van der Waals surface area contributed by atoms with Gasteiger partial charge in [0.15, 0.2) is 6.29 Å². The predicted molar refractivity (Wildman–Crippen MR) is 163 cm³/mol. The highest BCUT2D eigenvalue weighted by Crippen LogP contribution is 2.22. The van der Waals surface area contributed by atoms with Crippen molar-refractivity contribution in [1.29, 1.82) is 0 Å². The summed E-state index contributed by atoms with van der Waals surface area (Å²) in [6, 6.07) is 22.6. The monoisotopic (exact) mass is 548 g/mol. The van der Waals surface area contributed by atoms with Gasteiger partial charge in [0.1, 0.15) is 0 Å². The lowest BCUT2D eigenvalue weighted by Crippen LogP contribution is -2.04. The number of hydrogen-bond donors (Lipinski definition) is 1. The molecule has 0 fully saturated rings. The number of nitrogens with two attached hydrogens (primary N) is 1. The molecule has 0 radical (unpaired) electrons. The van der Waals surface area contributed by atoms with E-state index in [1.165, 1.54) is 28.1 Å². The van der Waals surface area contributed by atoms with E-state index in [2.05, 4.69) is 74.2 Å². The molecule has 2 unspecified atom stereocenters. The van der Waals surface area contributed by atoms with Crippen molar-refractivity contribution in [2.75, 3.05) is 0 Å². The van der Waals surface area contributed by atoms with Gasteiger partial charge in [0.05, 0.1) is 5.52 Å². The average Bonchev–Trinajstić information content (AvgIpc) is 2.91. The summed E-state index contributed by atoms with van der Waals surface area (Å²) >= 11 is -2.36. The van der Waals surface area contributed by atoms with E-state index in [9.17, 15) is 4.79 Å². The van der Waals surface area contributed by atoms with Crippen molar-refractivity contribution in [3.8, 4) is 0 Å². The smallest absolute Gasteiger partial charge is 0.150 e. The number of fused-ring (bicyclic) bond motifs is 1. The molecule has 4 rings (SSSR count). The molecule has 0 saturated heterocycles. The van der Waals surface area contributed by atoms with Gasteiger partial charge in [0.2, 0.25) is 0 Å². The lowest BCUT2D eigenvalue weighted by Gasteiger charge is -2.14. The van der Waals surface area contributed by atoms with Gasteiger partial charge in [-0.1, -0.05) is 82.1 Å². The quantitative estimate of drug-likeness (QED) is 0.204. The number of hydrogen-bond acceptors (Lipinski definition) is 5. The van der Waals surface area contributed by atoms with Crippen molar-refractivity contribution in [1.82, 2.24) is 9.97 Å². The topological polar surface area (TPSA) is 109 Å². The number of carbonyl (C=O) groups excluding carboxylic acids is 1. The van der Waals surface area contributed by atoms with E-state index >= 15 is 0 Å². The molecular weight excluding hydrogens is 506 g/mol. The zero-order valence-corrected chi connectivity index (χ0v) is 25.0. The molecule has 39 heavy (non-hydrogen) atoms. The second kappa shape index (κ2) is 18.1. The van der Waals surface area contributed by atoms with Crippen molar-refractivity contribution < 1.29 is 13.6 Å². The number of nitrogens with zero attached hydrogens (tertiary/aromatic N) is 2. The van der Waals surface area contributed by atoms with Crippen LogP contribution < -0.4 is 5.14 Å². The summed E-state index contributed by atoms with van der Waals surface area (Å²) in [6.45, 7) is 14.8. The van der Waals surface area contributed by atoms with Crippen molar-refractivity contribution in [3.05, 3.63) is 106 Å². The SMILES string of the molecule is CC.CCCc1cccc(C(C)Cc2cc(C)ccc2C)n1.Cc1ccc2c(C=O)cccc2n1.NS(=O)[O-]. The van der Waals surface area contributed by atoms with Crippen molar-refractivity contribution in [3.63, 3.8) is 0 Å². The molecular formula is C32H42N3O3S-. The summed E-state index contributed by atoms with van der Waals surface area (Å²) in [5.41, 5.74) is 9.15. The summed E-state index contributed by atoms with van der Waals surface area (Å²) in [5.74, 6) is 0.465. The minimum absolute atomic E-state index is 0.465. The zero-order chi connectivity index (χ0) is 29.4. The summed E-state index contributed by atoms with van der Waals surface area (Å²) in [5, 5.41) is 4.95. The summed E-state index contributed by atoms with van der Waals surface area (Å²) in [7, 11) is 0. The molecule has 0 saturated carbocycles. The van der Waals surface area contributed by atoms with E-state index in [1.807, 2.05) is 45.0 Å². The van der Waals surface area contributed by atoms with Crippen LogP contribution in [-0.4, -0.2) is 25.0 Å². The van der Waals surface area contributed by atoms with E-state index in [0.717, 1.165) is 42.1 Å². The van der Waals surface area contributed by atoms with Gasteiger partial charge in [-0.2, -0.15) is 0 Å². The summed E-state index contributed by atoms with van der Waals surface area (Å²) in [6.07, 6.45) is 4.15. The van der Waals surface area contributed by atoms with Gasteiger partial charge in [-0.25, -0.2) is 0 Å². The second-order valence-corrected chi connectivity index (χ2v) is 9.60. The Kier molecular flexibility index (Phi) is 15.7. The fraction of sp³-hybridized carbons (Fsp3) is 0.344. The second-order valence-electron chi connectivity index (χ2n) is 9.08. The van der Waals surface area contributed by atoms with Gasteiger partial charge in [-0.05, 0) is 69.0 Å². The number of pyridine rings is 2. The number of aromatic nitrogens is 2. The first-order valence-electron chi connectivity index (χ1n) is 13.3. The van der Waals surface area contributed by atoms with Crippen LogP contribution in [0.25, 0.3) is 10.9 Å². The summed E-state index contributed by atoms with van der Waals surface area (Å²) < 4.78 is 17.6. The molecule has 0 aliphatic heterocycles. The standard InChI is InChI=1S/C19H25N.C11H9NO.C2H6.H3NO2S/c1-5-7-18-8-6-9-19(20-18)16(4)13-17-12-14(2)10-11-15(17)3;1-8-5-6-10-9(7-13)3-2-4-11(10)12-8;1-2;1-4(2)3/h6,8-12,16H,5,7,13H2,1-4H3;2-7H,1H3;1-2H3;1H2,(H,2,3)/p-1. The molecule has 2 N–H and O–H groups in total. The third-order valence-electron chi connectivity index (χ3n) is 5.90. The van der Waals surface area contributed by atoms with Crippen molar-refractivity contribution >= 4 is 28.5 Å². The Hall–Kier alpha value is -3.26. The first-order chi connectivity index (χ1) is 18.6. The maximum Gasteiger partial charge on any atom is 0.150 e. The Labute approximate surface area is 236 Å². The first-order valence-corrected chi connectivity index (χ1v) is 14.5. The van der Waals surface area contributed by atoms with Gasteiger partial charge >= 0.3 is 0 Å². The lowest BCUT2D eigenvalue weighted by molar-refractivity contribution is 0.112. The van der Waals surface area contributed by atoms with Crippen molar-refractivity contribution in [2.45, 2.75) is 73.6 Å². The normalized spacial score (nSPS) is 11.5. The Balaban J connectivity index is 0.000000343. The molecule has 2 aromatic carbocycles. The Morgan fingerprint density at radius 1 is 0.974 bits per heavy atom. The van der Waals surface area contributed by atoms with E-state index in [-0.39, 0.29) is 0 Å². The number of benzene rings is 2. The molecule has 0 aliphatic carbocycles. The van der Waals surface area contributed by atoms with Crippen LogP contribution in [0, 0.1) is 20.8 Å². The predicted octanol–water partition coefficient (Wildman–Crippen LogP) is 7.12. The molecule has 0 amide bonds. The highest BCUT2D eigenvalue weighted by molar-refractivity contribution is 7.76. The maximum absolute atomic E-state index is 10.7. The molecule has 0 bridgehead atoms. The van der Waals surface area contributed by atoms with Crippen LogP contribution in [-0.2, 0) is 24.1 Å². The Morgan fingerprint density at radius 2 is 1.64 bits per heavy atom. The molecule has 0 aliphatic rings. The molecule has 4 aromatic rings. The van der Waals surface area contributed by atoms with Gasteiger partial charge < -0.3 is 4.55 Å². The molecule has 2 heterocycles. The van der Waals surface area contributed by atoms with Crippen LogP contribution in [0.15, 0.2) is 66.7 Å². The molecule has 2 atom stereocenters. The van der Waals surface area contributed by atoms with Crippen molar-refractivity contribution in [2.24, 2.45) is 5.14 Å². The van der Waals surface area contributed by atoms with Crippen LogP contribution in [0.1, 0.15) is 84.2 Å². The Bertz CT molecular complexity index is 1340. The molecule has 6 nitrogen and oxygen atoms in total. The fourth-order valence-corrected chi connectivity index (χ4v) is 4.01. The number of aryl methyl sites for hydroxylation is 4. The zero-order valence-electron chi connectivity index (χ0n) is 24.2. The highest BCUT2D eigenvalue weighted by Gasteiger charge is 2.10. The van der Waals surface area contributed by atoms with Crippen LogP contribution in [0.3, 0.4) is 0 Å². The van der Waals surface area contributed by atoms with Gasteiger partial charge in [0.25, 0.3) is 0 Å². The third-order valence-corrected chi connectivity index (χ3v) is 5.90. The lowest BCUT2D eigenvalue weighted by atomic mass is 9.93. The Morgan fingerprint density at radius 3 is 2.28 bits per heavy atom. The fourth-order valence-electron chi connectivity index (χ4n) is 4.01. The molecule has 210 valence electrons. The average molecular weight is 549 g/mol. The number of carbonyl (C=O) groups is 1. The molecule has 7 heteroatoms. The molecule has 2 aromatic heterocycles. The van der Waals surface area contributed by atoms with Crippen LogP contribution in [0.4, 0.5) is 0 Å². The maximum atomic E-state index is 10.7. The van der Waals surface area contributed by atoms with Crippen LogP contribution in [0.5, 0.6) is 0 Å². The minimum atomic E-state index is -2.36. The number of aldehydes is 1. The highest BCUT2D eigenvalue weighted by atomic mass is 32.2. The van der Waals surface area contributed by atoms with E-state index in [1.54, 1.807) is 6.07 Å². The van der Waals surface area contributed by atoms with E-state index in [4.69, 9.17) is 13.7 Å². The largest absolute Gasteiger partial charge is 0.760 e. The van der Waals surface area contributed by atoms with E-state index in [0.29, 0.717) is 11.5 Å². The van der Waals surface area contributed by atoms with Gasteiger partial charge in [-0.3, -0.25) is 24.1 Å². The molecule has 0 spiro atoms. The third kappa shape index (κ3) is 12.0.